The lowest BCUT2D eigenvalue weighted by molar-refractivity contribution is -0.131. The van der Waals surface area contributed by atoms with Crippen LogP contribution >= 0.6 is 0 Å². The number of halogens is 3. The number of piperazine rings is 1. The summed E-state index contributed by atoms with van der Waals surface area (Å²) in [5.41, 5.74) is 3.90. The first kappa shape index (κ1) is 32.5. The van der Waals surface area contributed by atoms with Crippen LogP contribution in [-0.4, -0.2) is 101 Å². The summed E-state index contributed by atoms with van der Waals surface area (Å²) >= 11 is 0. The van der Waals surface area contributed by atoms with E-state index < -0.39 is 23.7 Å². The zero-order valence-electron chi connectivity index (χ0n) is 26.9. The van der Waals surface area contributed by atoms with Crippen LogP contribution in [0.15, 0.2) is 43.0 Å². The molecule has 0 unspecified atom stereocenters. The average molecular weight is 649 g/mol. The fourth-order valence-corrected chi connectivity index (χ4v) is 6.88. The van der Waals surface area contributed by atoms with E-state index >= 15 is 0 Å². The molecule has 1 aliphatic carbocycles. The third kappa shape index (κ3) is 6.56. The molecule has 0 spiro atoms. The molecular formula is C34H39F3N8O2. The first-order valence-electron chi connectivity index (χ1n) is 15.9. The average Bonchev–Trinajstić information content (AvgIpc) is 3.04. The number of ether oxygens (including phenoxy) is 1. The van der Waals surface area contributed by atoms with Gasteiger partial charge < -0.3 is 24.3 Å². The number of aryl methyl sites for hydroxylation is 1. The zero-order valence-corrected chi connectivity index (χ0v) is 26.9. The summed E-state index contributed by atoms with van der Waals surface area (Å²) in [7, 11) is 1.83. The normalized spacial score (nSPS) is 20.0. The van der Waals surface area contributed by atoms with E-state index in [1.54, 1.807) is 0 Å². The van der Waals surface area contributed by atoms with Crippen LogP contribution < -0.4 is 14.5 Å². The topological polar surface area (TPSA) is 82.3 Å². The molecule has 1 saturated heterocycles. The van der Waals surface area contributed by atoms with Gasteiger partial charge in [0, 0.05) is 73.6 Å². The number of alkyl halides is 2. The Kier molecular flexibility index (Phi) is 8.98. The molecule has 0 bridgehead atoms. The van der Waals surface area contributed by atoms with Gasteiger partial charge in [0.05, 0.1) is 24.1 Å². The van der Waals surface area contributed by atoms with Crippen molar-refractivity contribution in [3.8, 4) is 6.01 Å². The molecule has 47 heavy (non-hydrogen) atoms. The molecule has 3 aromatic rings. The lowest BCUT2D eigenvalue weighted by atomic mass is 9.86. The molecule has 248 valence electrons. The number of aromatic nitrogens is 3. The minimum Gasteiger partial charge on any atom is -0.462 e. The minimum atomic E-state index is -2.61. The van der Waals surface area contributed by atoms with Crippen molar-refractivity contribution >= 4 is 28.2 Å². The number of carbonyl (C=O) groups excluding carboxylic acids is 1. The third-order valence-corrected chi connectivity index (χ3v) is 9.71. The second-order valence-corrected chi connectivity index (χ2v) is 12.8. The molecule has 2 aliphatic heterocycles. The Morgan fingerprint density at radius 2 is 2.00 bits per heavy atom. The van der Waals surface area contributed by atoms with Gasteiger partial charge in [-0.15, -0.1) is 0 Å². The van der Waals surface area contributed by atoms with E-state index in [2.05, 4.69) is 34.3 Å². The van der Waals surface area contributed by atoms with E-state index in [9.17, 15) is 18.0 Å². The number of carbonyl (C=O) groups is 1. The van der Waals surface area contributed by atoms with Crippen LogP contribution in [0.25, 0.3) is 15.6 Å². The van der Waals surface area contributed by atoms with Crippen LogP contribution in [0, 0.1) is 13.5 Å². The van der Waals surface area contributed by atoms with Crippen LogP contribution in [-0.2, 0) is 17.8 Å². The Hall–Kier alpha value is -4.44. The van der Waals surface area contributed by atoms with Gasteiger partial charge >= 0.3 is 6.01 Å². The maximum absolute atomic E-state index is 13.8. The van der Waals surface area contributed by atoms with E-state index in [-0.39, 0.29) is 57.2 Å². The van der Waals surface area contributed by atoms with E-state index in [0.717, 1.165) is 33.3 Å². The van der Waals surface area contributed by atoms with Crippen molar-refractivity contribution in [2.45, 2.75) is 63.7 Å². The lowest BCUT2D eigenvalue weighted by Crippen LogP contribution is -2.57. The highest BCUT2D eigenvalue weighted by Gasteiger charge is 2.47. The number of rotatable bonds is 9. The molecule has 2 atom stereocenters. The third-order valence-electron chi connectivity index (χ3n) is 9.71. The summed E-state index contributed by atoms with van der Waals surface area (Å²) < 4.78 is 47.1. The minimum absolute atomic E-state index is 0.0113. The Balaban J connectivity index is 1.30. The summed E-state index contributed by atoms with van der Waals surface area (Å²) in [5.74, 6) is -3.80. The Morgan fingerprint density at radius 1 is 1.21 bits per heavy atom. The second-order valence-electron chi connectivity index (χ2n) is 12.8. The molecule has 2 fully saturated rings. The molecule has 10 nitrogen and oxygen atoms in total. The van der Waals surface area contributed by atoms with Gasteiger partial charge in [-0.25, -0.2) is 19.7 Å². The number of likely N-dealkylation sites (N-methyl/N-ethyl adjacent to an activating group) is 1. The highest BCUT2D eigenvalue weighted by atomic mass is 19.3. The molecule has 1 aromatic carbocycles. The summed E-state index contributed by atoms with van der Waals surface area (Å²) in [4.78, 5) is 37.9. The molecule has 0 radical (unpaired) electrons. The standard InChI is InChI=1S/C34H39F3N8O2/c1-21-7-6-8-24-15-39-17-29(30(21)24)43-10-9-27-28(19-43)40-33(47-20-22(2)42(5)25-13-34(36,37)14-25)41-31(27)44-11-12-45(32(46)23(3)35)26(18-44)16-38-4/h6-8,15,17,22,25-26H,3,9-14,16,18-20H2,1-2,5H3/t22-,26-/m0/s1. The summed E-state index contributed by atoms with van der Waals surface area (Å²) in [6.07, 6.45) is 4.05. The maximum Gasteiger partial charge on any atom is 0.318 e. The van der Waals surface area contributed by atoms with Gasteiger partial charge in [-0.2, -0.15) is 9.97 Å². The first-order chi connectivity index (χ1) is 22.5. The van der Waals surface area contributed by atoms with Crippen LogP contribution in [0.2, 0.25) is 0 Å². The quantitative estimate of drug-likeness (QED) is 0.242. The zero-order chi connectivity index (χ0) is 33.5. The van der Waals surface area contributed by atoms with Crippen molar-refractivity contribution in [2.24, 2.45) is 0 Å². The van der Waals surface area contributed by atoms with Gasteiger partial charge in [0.2, 0.25) is 6.54 Å². The second kappa shape index (κ2) is 13.0. The number of amides is 1. The van der Waals surface area contributed by atoms with Gasteiger partial charge in [-0.05, 0) is 32.9 Å². The number of fused-ring (bicyclic) bond motifs is 2. The smallest absolute Gasteiger partial charge is 0.318 e. The fourth-order valence-electron chi connectivity index (χ4n) is 6.88. The van der Waals surface area contributed by atoms with Crippen molar-refractivity contribution < 1.29 is 22.7 Å². The number of nitrogens with zero attached hydrogens (tertiary/aromatic N) is 8. The number of anilines is 2. The molecule has 13 heteroatoms. The van der Waals surface area contributed by atoms with Gasteiger partial charge in [0.1, 0.15) is 18.5 Å². The molecule has 2 aromatic heterocycles. The Morgan fingerprint density at radius 3 is 2.72 bits per heavy atom. The van der Waals surface area contributed by atoms with E-state index in [1.165, 1.54) is 4.90 Å². The number of hydrogen-bond donors (Lipinski definition) is 0. The number of benzene rings is 1. The van der Waals surface area contributed by atoms with Crippen molar-refractivity contribution in [2.75, 3.05) is 56.2 Å². The van der Waals surface area contributed by atoms with Crippen LogP contribution in [0.5, 0.6) is 6.01 Å². The van der Waals surface area contributed by atoms with E-state index in [1.807, 2.05) is 48.3 Å². The Labute approximate surface area is 272 Å². The van der Waals surface area contributed by atoms with E-state index in [0.29, 0.717) is 31.9 Å². The SMILES string of the molecule is [C-]#[N+]C[C@H]1CN(c2nc(OC[C@H](C)N(C)C3CC(F)(F)C3)nc3c2CCN(c2cncc4cccc(C)c24)C3)CCN1C(=O)C(=C)F. The summed E-state index contributed by atoms with van der Waals surface area (Å²) in [5, 5.41) is 2.18. The Bertz CT molecular complexity index is 1720. The van der Waals surface area contributed by atoms with Crippen molar-refractivity contribution in [3.05, 3.63) is 71.2 Å². The van der Waals surface area contributed by atoms with E-state index in [4.69, 9.17) is 21.3 Å². The van der Waals surface area contributed by atoms with Gasteiger partial charge in [-0.1, -0.05) is 24.8 Å². The molecule has 4 heterocycles. The molecule has 1 saturated carbocycles. The summed E-state index contributed by atoms with van der Waals surface area (Å²) in [6.45, 7) is 16.9. The molecule has 1 amide bonds. The maximum atomic E-state index is 13.8. The predicted octanol–water partition coefficient (Wildman–Crippen LogP) is 4.81. The monoisotopic (exact) mass is 648 g/mol. The van der Waals surface area contributed by atoms with Crippen molar-refractivity contribution in [1.82, 2.24) is 24.8 Å². The van der Waals surface area contributed by atoms with Gasteiger partial charge in [-0.3, -0.25) is 14.7 Å². The largest absolute Gasteiger partial charge is 0.462 e. The van der Waals surface area contributed by atoms with Crippen molar-refractivity contribution in [3.63, 3.8) is 0 Å². The fraction of sp³-hybridized carbons (Fsp3) is 0.500. The van der Waals surface area contributed by atoms with Crippen LogP contribution in [0.1, 0.15) is 36.6 Å². The first-order valence-corrected chi connectivity index (χ1v) is 15.9. The molecule has 0 N–H and O–H groups in total. The van der Waals surface area contributed by atoms with Crippen LogP contribution in [0.4, 0.5) is 24.7 Å². The van der Waals surface area contributed by atoms with Crippen molar-refractivity contribution in [1.29, 1.82) is 0 Å². The highest BCUT2D eigenvalue weighted by molar-refractivity contribution is 5.96. The predicted molar refractivity (Wildman–Crippen MR) is 173 cm³/mol. The van der Waals surface area contributed by atoms with Gasteiger partial charge in [0.15, 0.2) is 5.83 Å². The molecule has 6 rings (SSSR count). The molecule has 3 aliphatic rings. The highest BCUT2D eigenvalue weighted by Crippen LogP contribution is 2.41. The summed E-state index contributed by atoms with van der Waals surface area (Å²) in [6, 6.07) is 5.40. The van der Waals surface area contributed by atoms with Crippen LogP contribution in [0.3, 0.4) is 0 Å². The van der Waals surface area contributed by atoms with Gasteiger partial charge in [0.25, 0.3) is 11.8 Å². The lowest BCUT2D eigenvalue weighted by Gasteiger charge is -2.43. The number of hydrogen-bond acceptors (Lipinski definition) is 8. The molecular weight excluding hydrogens is 609 g/mol. The number of pyridine rings is 1.